The Morgan fingerprint density at radius 1 is 1.10 bits per heavy atom. The number of carbonyl (C=O) groups excluding carboxylic acids is 1. The van der Waals surface area contributed by atoms with Crippen molar-refractivity contribution >= 4 is 30.7 Å². The second-order valence-electron chi connectivity index (χ2n) is 6.00. The summed E-state index contributed by atoms with van der Waals surface area (Å²) in [7, 11) is 0. The number of carbonyl (C=O) groups is 1. The zero-order valence-electron chi connectivity index (χ0n) is 12.6. The van der Waals surface area contributed by atoms with Gasteiger partial charge in [-0.15, -0.1) is 24.8 Å². The molecule has 0 radical (unpaired) electrons. The Bertz CT molecular complexity index is 276. The van der Waals surface area contributed by atoms with Crippen LogP contribution < -0.4 is 10.6 Å². The molecule has 2 unspecified atom stereocenters. The summed E-state index contributed by atoms with van der Waals surface area (Å²) in [6.07, 6.45) is 4.29. The van der Waals surface area contributed by atoms with Crippen LogP contribution in [0.15, 0.2) is 0 Å². The van der Waals surface area contributed by atoms with E-state index in [1.54, 1.807) is 0 Å². The third kappa shape index (κ3) is 6.17. The molecule has 0 aromatic heterocycles. The third-order valence-corrected chi connectivity index (χ3v) is 4.14. The molecule has 2 rings (SSSR count). The van der Waals surface area contributed by atoms with E-state index in [2.05, 4.69) is 24.5 Å². The van der Waals surface area contributed by atoms with Crippen LogP contribution in [0, 0.1) is 5.92 Å². The maximum Gasteiger partial charge on any atom is 0.222 e. The Labute approximate surface area is 135 Å². The van der Waals surface area contributed by atoms with Crippen molar-refractivity contribution in [2.45, 2.75) is 51.6 Å². The van der Waals surface area contributed by atoms with Crippen molar-refractivity contribution < 1.29 is 4.79 Å². The van der Waals surface area contributed by atoms with E-state index in [0.29, 0.717) is 18.0 Å². The molecule has 0 aromatic carbocycles. The molecule has 2 aliphatic heterocycles. The minimum Gasteiger partial charge on any atom is -0.340 e. The molecule has 0 aromatic rings. The number of piperazine rings is 1. The standard InChI is InChI=1S/C14H27N3O.2ClH/c1-11-9-17(10-12(2)16-11)14(18)4-3-13-5-7-15-8-6-13;;/h11-13,15-16H,3-10H2,1-2H3;2*1H. The molecule has 2 heterocycles. The highest BCUT2D eigenvalue weighted by atomic mass is 35.5. The number of amides is 1. The first-order valence-electron chi connectivity index (χ1n) is 7.39. The summed E-state index contributed by atoms with van der Waals surface area (Å²) < 4.78 is 0. The summed E-state index contributed by atoms with van der Waals surface area (Å²) in [5, 5.41) is 6.84. The van der Waals surface area contributed by atoms with E-state index in [-0.39, 0.29) is 24.8 Å². The van der Waals surface area contributed by atoms with Crippen LogP contribution in [0.3, 0.4) is 0 Å². The van der Waals surface area contributed by atoms with Gasteiger partial charge in [0.05, 0.1) is 0 Å². The van der Waals surface area contributed by atoms with Gasteiger partial charge in [-0.3, -0.25) is 4.79 Å². The first kappa shape index (κ1) is 20.0. The molecule has 0 spiro atoms. The Kier molecular flexibility index (Phi) is 9.81. The first-order chi connectivity index (χ1) is 8.65. The lowest BCUT2D eigenvalue weighted by Crippen LogP contribution is -2.55. The van der Waals surface area contributed by atoms with Crippen molar-refractivity contribution in [1.82, 2.24) is 15.5 Å². The number of hydrogen-bond acceptors (Lipinski definition) is 3. The molecule has 0 aliphatic carbocycles. The molecule has 0 saturated carbocycles. The van der Waals surface area contributed by atoms with E-state index < -0.39 is 0 Å². The van der Waals surface area contributed by atoms with Crippen molar-refractivity contribution in [2.75, 3.05) is 26.2 Å². The molecule has 2 atom stereocenters. The number of piperidine rings is 1. The predicted molar refractivity (Wildman–Crippen MR) is 88.0 cm³/mol. The number of rotatable bonds is 3. The average molecular weight is 326 g/mol. The molecule has 2 saturated heterocycles. The maximum atomic E-state index is 12.2. The highest BCUT2D eigenvalue weighted by molar-refractivity contribution is 5.85. The van der Waals surface area contributed by atoms with Gasteiger partial charge in [0.1, 0.15) is 0 Å². The van der Waals surface area contributed by atoms with Crippen LogP contribution in [0.1, 0.15) is 39.5 Å². The first-order valence-corrected chi connectivity index (χ1v) is 7.39. The summed E-state index contributed by atoms with van der Waals surface area (Å²) in [5.74, 6) is 1.11. The fraction of sp³-hybridized carbons (Fsp3) is 0.929. The van der Waals surface area contributed by atoms with Gasteiger partial charge < -0.3 is 15.5 Å². The topological polar surface area (TPSA) is 44.4 Å². The molecule has 6 heteroatoms. The van der Waals surface area contributed by atoms with Crippen LogP contribution in [0.5, 0.6) is 0 Å². The monoisotopic (exact) mass is 325 g/mol. The lowest BCUT2D eigenvalue weighted by molar-refractivity contribution is -0.133. The van der Waals surface area contributed by atoms with Crippen LogP contribution >= 0.6 is 24.8 Å². The van der Waals surface area contributed by atoms with E-state index in [1.165, 1.54) is 12.8 Å². The molecule has 2 fully saturated rings. The summed E-state index contributed by atoms with van der Waals surface area (Å²) in [6, 6.07) is 0.855. The second-order valence-corrected chi connectivity index (χ2v) is 6.00. The zero-order valence-corrected chi connectivity index (χ0v) is 14.2. The van der Waals surface area contributed by atoms with Crippen molar-refractivity contribution in [1.29, 1.82) is 0 Å². The quantitative estimate of drug-likeness (QED) is 0.831. The smallest absolute Gasteiger partial charge is 0.222 e. The molecule has 20 heavy (non-hydrogen) atoms. The normalized spacial score (nSPS) is 27.4. The summed E-state index contributed by atoms with van der Waals surface area (Å²) >= 11 is 0. The van der Waals surface area contributed by atoms with Crippen LogP contribution in [0.25, 0.3) is 0 Å². The maximum absolute atomic E-state index is 12.2. The predicted octanol–water partition coefficient (Wildman–Crippen LogP) is 1.82. The largest absolute Gasteiger partial charge is 0.340 e. The Morgan fingerprint density at radius 2 is 1.65 bits per heavy atom. The zero-order chi connectivity index (χ0) is 13.0. The lowest BCUT2D eigenvalue weighted by Gasteiger charge is -2.36. The number of nitrogens with one attached hydrogen (secondary N) is 2. The number of hydrogen-bond donors (Lipinski definition) is 2. The fourth-order valence-electron chi connectivity index (χ4n) is 3.19. The van der Waals surface area contributed by atoms with Gasteiger partial charge in [-0.25, -0.2) is 0 Å². The van der Waals surface area contributed by atoms with Crippen molar-refractivity contribution in [3.8, 4) is 0 Å². The van der Waals surface area contributed by atoms with Gasteiger partial charge in [0.25, 0.3) is 0 Å². The van der Waals surface area contributed by atoms with Gasteiger partial charge in [-0.05, 0) is 52.1 Å². The van der Waals surface area contributed by atoms with Crippen LogP contribution in [0.2, 0.25) is 0 Å². The number of nitrogens with zero attached hydrogens (tertiary/aromatic N) is 1. The summed E-state index contributed by atoms with van der Waals surface area (Å²) in [5.41, 5.74) is 0. The minimum atomic E-state index is 0. The molecule has 2 aliphatic rings. The van der Waals surface area contributed by atoms with E-state index in [0.717, 1.165) is 44.9 Å². The van der Waals surface area contributed by atoms with E-state index in [9.17, 15) is 4.79 Å². The lowest BCUT2D eigenvalue weighted by atomic mass is 9.93. The van der Waals surface area contributed by atoms with Crippen molar-refractivity contribution in [3.63, 3.8) is 0 Å². The Balaban J connectivity index is 0.00000180. The van der Waals surface area contributed by atoms with Gasteiger partial charge in [0.2, 0.25) is 5.91 Å². The summed E-state index contributed by atoms with van der Waals surface area (Å²) in [4.78, 5) is 14.3. The SMILES string of the molecule is CC1CN(C(=O)CCC2CCNCC2)CC(C)N1.Cl.Cl. The Morgan fingerprint density at radius 3 is 2.20 bits per heavy atom. The highest BCUT2D eigenvalue weighted by Gasteiger charge is 2.25. The summed E-state index contributed by atoms with van der Waals surface area (Å²) in [6.45, 7) is 8.30. The van der Waals surface area contributed by atoms with Gasteiger partial charge in [-0.2, -0.15) is 0 Å². The third-order valence-electron chi connectivity index (χ3n) is 4.14. The molecular weight excluding hydrogens is 297 g/mol. The van der Waals surface area contributed by atoms with Crippen LogP contribution in [0.4, 0.5) is 0 Å². The minimum absolute atomic E-state index is 0. The van der Waals surface area contributed by atoms with E-state index in [4.69, 9.17) is 0 Å². The fourth-order valence-corrected chi connectivity index (χ4v) is 3.19. The van der Waals surface area contributed by atoms with Gasteiger partial charge in [-0.1, -0.05) is 0 Å². The van der Waals surface area contributed by atoms with Gasteiger partial charge in [0, 0.05) is 31.6 Å². The molecule has 0 bridgehead atoms. The molecule has 1 amide bonds. The molecule has 120 valence electrons. The molecular formula is C14H29Cl2N3O. The Hall–Kier alpha value is -0.0300. The van der Waals surface area contributed by atoms with Crippen LogP contribution in [-0.2, 0) is 4.79 Å². The van der Waals surface area contributed by atoms with Crippen molar-refractivity contribution in [3.05, 3.63) is 0 Å². The molecule has 4 nitrogen and oxygen atoms in total. The van der Waals surface area contributed by atoms with Gasteiger partial charge in [0.15, 0.2) is 0 Å². The van der Waals surface area contributed by atoms with Crippen molar-refractivity contribution in [2.24, 2.45) is 5.92 Å². The second kappa shape index (κ2) is 9.82. The van der Waals surface area contributed by atoms with E-state index in [1.807, 2.05) is 4.90 Å². The van der Waals surface area contributed by atoms with Gasteiger partial charge >= 0.3 is 0 Å². The average Bonchev–Trinajstić information content (AvgIpc) is 2.36. The highest BCUT2D eigenvalue weighted by Crippen LogP contribution is 2.19. The van der Waals surface area contributed by atoms with E-state index >= 15 is 0 Å². The van der Waals surface area contributed by atoms with Crippen LogP contribution in [-0.4, -0.2) is 49.1 Å². The number of halogens is 2. The molecule has 2 N–H and O–H groups in total.